The van der Waals surface area contributed by atoms with E-state index in [1.54, 1.807) is 0 Å². The van der Waals surface area contributed by atoms with E-state index >= 15 is 0 Å². The van der Waals surface area contributed by atoms with Crippen molar-refractivity contribution >= 4 is 0 Å². The summed E-state index contributed by atoms with van der Waals surface area (Å²) in [5.41, 5.74) is 0.543. The Morgan fingerprint density at radius 2 is 1.90 bits per heavy atom. The SMILES string of the molecule is CCCC(C)(CNC(C)(C)C)CN1CCC(C)C(OC)C1. The van der Waals surface area contributed by atoms with Crippen molar-refractivity contribution in [2.75, 3.05) is 33.3 Å². The van der Waals surface area contributed by atoms with Crippen LogP contribution in [-0.2, 0) is 4.74 Å². The average Bonchev–Trinajstić information content (AvgIpc) is 2.38. The predicted molar refractivity (Wildman–Crippen MR) is 91.8 cm³/mol. The molecule has 1 heterocycles. The largest absolute Gasteiger partial charge is 0.380 e. The molecule has 0 amide bonds. The summed E-state index contributed by atoms with van der Waals surface area (Å²) < 4.78 is 5.67. The lowest BCUT2D eigenvalue weighted by Crippen LogP contribution is -2.51. The van der Waals surface area contributed by atoms with Gasteiger partial charge in [0.05, 0.1) is 6.10 Å². The maximum absolute atomic E-state index is 5.67. The number of hydrogen-bond acceptors (Lipinski definition) is 3. The van der Waals surface area contributed by atoms with Gasteiger partial charge in [0, 0.05) is 32.3 Å². The van der Waals surface area contributed by atoms with E-state index < -0.39 is 0 Å². The molecular weight excluding hydrogens is 260 g/mol. The van der Waals surface area contributed by atoms with Crippen molar-refractivity contribution in [3.05, 3.63) is 0 Å². The Labute approximate surface area is 132 Å². The van der Waals surface area contributed by atoms with E-state index in [9.17, 15) is 0 Å². The molecule has 1 aliphatic heterocycles. The molecule has 1 rings (SSSR count). The molecule has 0 spiro atoms. The second-order valence-electron chi connectivity index (χ2n) is 8.44. The smallest absolute Gasteiger partial charge is 0.0724 e. The summed E-state index contributed by atoms with van der Waals surface area (Å²) in [6.07, 6.45) is 4.19. The van der Waals surface area contributed by atoms with Gasteiger partial charge in [-0.3, -0.25) is 0 Å². The molecule has 0 bridgehead atoms. The van der Waals surface area contributed by atoms with Crippen molar-refractivity contribution in [1.29, 1.82) is 0 Å². The number of nitrogens with zero attached hydrogens (tertiary/aromatic N) is 1. The summed E-state index contributed by atoms with van der Waals surface area (Å²) >= 11 is 0. The van der Waals surface area contributed by atoms with Crippen molar-refractivity contribution in [1.82, 2.24) is 10.2 Å². The first-order valence-electron chi connectivity index (χ1n) is 8.69. The molecule has 3 heteroatoms. The number of likely N-dealkylation sites (tertiary alicyclic amines) is 1. The lowest BCUT2D eigenvalue weighted by Gasteiger charge is -2.42. The Morgan fingerprint density at radius 3 is 2.43 bits per heavy atom. The lowest BCUT2D eigenvalue weighted by atomic mass is 9.83. The molecule has 1 fully saturated rings. The Hall–Kier alpha value is -0.120. The summed E-state index contributed by atoms with van der Waals surface area (Å²) in [7, 11) is 1.86. The molecule has 0 aliphatic carbocycles. The van der Waals surface area contributed by atoms with Gasteiger partial charge in [-0.15, -0.1) is 0 Å². The Morgan fingerprint density at radius 1 is 1.24 bits per heavy atom. The van der Waals surface area contributed by atoms with Crippen molar-refractivity contribution in [2.45, 2.75) is 72.4 Å². The summed E-state index contributed by atoms with van der Waals surface area (Å²) in [5, 5.41) is 3.71. The highest BCUT2D eigenvalue weighted by Gasteiger charge is 2.32. The Kier molecular flexibility index (Phi) is 7.15. The number of hydrogen-bond donors (Lipinski definition) is 1. The molecule has 1 saturated heterocycles. The lowest BCUT2D eigenvalue weighted by molar-refractivity contribution is -0.0178. The van der Waals surface area contributed by atoms with Crippen LogP contribution in [0, 0.1) is 11.3 Å². The average molecular weight is 299 g/mol. The number of nitrogens with one attached hydrogen (secondary N) is 1. The third-order valence-electron chi connectivity index (χ3n) is 4.78. The number of piperidine rings is 1. The maximum Gasteiger partial charge on any atom is 0.0724 e. The van der Waals surface area contributed by atoms with Gasteiger partial charge in [0.25, 0.3) is 0 Å². The number of rotatable bonds is 7. The molecule has 0 aromatic heterocycles. The molecule has 3 nitrogen and oxygen atoms in total. The van der Waals surface area contributed by atoms with Gasteiger partial charge in [0.1, 0.15) is 0 Å². The van der Waals surface area contributed by atoms with Crippen LogP contribution in [-0.4, -0.2) is 49.8 Å². The first kappa shape index (κ1) is 18.9. The molecule has 21 heavy (non-hydrogen) atoms. The molecule has 3 unspecified atom stereocenters. The molecule has 0 radical (unpaired) electrons. The highest BCUT2D eigenvalue weighted by atomic mass is 16.5. The van der Waals surface area contributed by atoms with Crippen LogP contribution in [0.3, 0.4) is 0 Å². The number of methoxy groups -OCH3 is 1. The van der Waals surface area contributed by atoms with E-state index in [4.69, 9.17) is 4.74 Å². The Balaban J connectivity index is 2.60. The second kappa shape index (κ2) is 7.94. The molecule has 0 aromatic carbocycles. The highest BCUT2D eigenvalue weighted by molar-refractivity contribution is 4.87. The summed E-state index contributed by atoms with van der Waals surface area (Å²) in [4.78, 5) is 2.62. The highest BCUT2D eigenvalue weighted by Crippen LogP contribution is 2.28. The minimum Gasteiger partial charge on any atom is -0.380 e. The van der Waals surface area contributed by atoms with Gasteiger partial charge in [-0.1, -0.05) is 27.2 Å². The van der Waals surface area contributed by atoms with Crippen molar-refractivity contribution < 1.29 is 4.74 Å². The molecule has 0 saturated carbocycles. The quantitative estimate of drug-likeness (QED) is 0.778. The van der Waals surface area contributed by atoms with Crippen molar-refractivity contribution in [3.63, 3.8) is 0 Å². The van der Waals surface area contributed by atoms with Crippen molar-refractivity contribution in [3.8, 4) is 0 Å². The maximum atomic E-state index is 5.67. The summed E-state index contributed by atoms with van der Waals surface area (Å²) in [6.45, 7) is 18.4. The topological polar surface area (TPSA) is 24.5 Å². The monoisotopic (exact) mass is 298 g/mol. The fourth-order valence-corrected chi connectivity index (χ4v) is 3.39. The number of ether oxygens (including phenoxy) is 1. The van der Waals surface area contributed by atoms with Gasteiger partial charge in [0.15, 0.2) is 0 Å². The summed E-state index contributed by atoms with van der Waals surface area (Å²) in [6, 6.07) is 0. The van der Waals surface area contributed by atoms with Gasteiger partial charge < -0.3 is 15.0 Å². The third kappa shape index (κ3) is 6.66. The second-order valence-corrected chi connectivity index (χ2v) is 8.44. The van der Waals surface area contributed by atoms with Gasteiger partial charge in [-0.2, -0.15) is 0 Å². The fraction of sp³-hybridized carbons (Fsp3) is 1.00. The van der Waals surface area contributed by atoms with E-state index in [0.717, 1.165) is 13.1 Å². The molecule has 1 N–H and O–H groups in total. The van der Waals surface area contributed by atoms with Crippen LogP contribution in [0.15, 0.2) is 0 Å². The van der Waals surface area contributed by atoms with Crippen LogP contribution >= 0.6 is 0 Å². The first-order valence-corrected chi connectivity index (χ1v) is 8.69. The molecule has 126 valence electrons. The predicted octanol–water partition coefficient (Wildman–Crippen LogP) is 3.54. The minimum absolute atomic E-state index is 0.195. The van der Waals surface area contributed by atoms with Gasteiger partial charge in [-0.25, -0.2) is 0 Å². The molecular formula is C18H38N2O. The fourth-order valence-electron chi connectivity index (χ4n) is 3.39. The van der Waals surface area contributed by atoms with Gasteiger partial charge in [-0.05, 0) is 51.5 Å². The first-order chi connectivity index (χ1) is 9.69. The van der Waals surface area contributed by atoms with Crippen LogP contribution in [0.25, 0.3) is 0 Å². The molecule has 3 atom stereocenters. The zero-order chi connectivity index (χ0) is 16.1. The molecule has 0 aromatic rings. The van der Waals surface area contributed by atoms with E-state index in [2.05, 4.69) is 51.8 Å². The molecule has 1 aliphatic rings. The van der Waals surface area contributed by atoms with Gasteiger partial charge >= 0.3 is 0 Å². The van der Waals surface area contributed by atoms with E-state index in [1.807, 2.05) is 7.11 Å². The zero-order valence-electron chi connectivity index (χ0n) is 15.5. The van der Waals surface area contributed by atoms with E-state index in [-0.39, 0.29) is 5.54 Å². The van der Waals surface area contributed by atoms with Crippen LogP contribution in [0.1, 0.15) is 60.8 Å². The van der Waals surface area contributed by atoms with Crippen LogP contribution in [0.5, 0.6) is 0 Å². The summed E-state index contributed by atoms with van der Waals surface area (Å²) in [5.74, 6) is 0.691. The Bertz CT molecular complexity index is 300. The van der Waals surface area contributed by atoms with Crippen molar-refractivity contribution in [2.24, 2.45) is 11.3 Å². The third-order valence-corrected chi connectivity index (χ3v) is 4.78. The van der Waals surface area contributed by atoms with Crippen LogP contribution in [0.2, 0.25) is 0 Å². The van der Waals surface area contributed by atoms with E-state index in [0.29, 0.717) is 17.4 Å². The van der Waals surface area contributed by atoms with Crippen LogP contribution < -0.4 is 5.32 Å². The normalized spacial score (nSPS) is 27.6. The minimum atomic E-state index is 0.195. The standard InChI is InChI=1S/C18H38N2O/c1-8-10-18(6,13-19-17(3,4)5)14-20-11-9-15(2)16(12-20)21-7/h15-16,19H,8-14H2,1-7H3. The zero-order valence-corrected chi connectivity index (χ0v) is 15.5. The van der Waals surface area contributed by atoms with Gasteiger partial charge in [0.2, 0.25) is 0 Å². The van der Waals surface area contributed by atoms with Crippen LogP contribution in [0.4, 0.5) is 0 Å². The van der Waals surface area contributed by atoms with E-state index in [1.165, 1.54) is 32.4 Å².